The van der Waals surface area contributed by atoms with Gasteiger partial charge in [0, 0.05) is 35.2 Å². The van der Waals surface area contributed by atoms with Gasteiger partial charge in [0.05, 0.1) is 16.6 Å². The molecule has 0 bridgehead atoms. The fourth-order valence-corrected chi connectivity index (χ4v) is 5.75. The molecule has 28 heavy (non-hydrogen) atoms. The number of fused-ring (bicyclic) bond motifs is 1. The van der Waals surface area contributed by atoms with Gasteiger partial charge in [-0.1, -0.05) is 61.7 Å². The third-order valence-corrected chi connectivity index (χ3v) is 7.13. The molecule has 2 aliphatic rings. The normalized spacial score (nSPS) is 20.7. The van der Waals surface area contributed by atoms with Crippen LogP contribution in [0.25, 0.3) is 10.9 Å². The summed E-state index contributed by atoms with van der Waals surface area (Å²) in [7, 11) is 0. The number of rotatable bonds is 5. The smallest absolute Gasteiger partial charge is 0.0924 e. The Morgan fingerprint density at radius 2 is 1.57 bits per heavy atom. The van der Waals surface area contributed by atoms with E-state index in [4.69, 9.17) is 23.2 Å². The van der Waals surface area contributed by atoms with Gasteiger partial charge in [0.15, 0.2) is 0 Å². The first-order chi connectivity index (χ1) is 13.6. The van der Waals surface area contributed by atoms with E-state index in [0.717, 1.165) is 10.9 Å². The van der Waals surface area contributed by atoms with Gasteiger partial charge < -0.3 is 5.11 Å². The van der Waals surface area contributed by atoms with E-state index in [2.05, 4.69) is 9.88 Å². The zero-order valence-corrected chi connectivity index (χ0v) is 17.9. The lowest BCUT2D eigenvalue weighted by atomic mass is 9.88. The molecular formula is C23H30Cl2N2O. The van der Waals surface area contributed by atoms with Crippen LogP contribution in [0.5, 0.6) is 0 Å². The van der Waals surface area contributed by atoms with Crippen molar-refractivity contribution in [3.05, 3.63) is 40.0 Å². The molecule has 0 radical (unpaired) electrons. The van der Waals surface area contributed by atoms with Gasteiger partial charge in [0.25, 0.3) is 0 Å². The maximum absolute atomic E-state index is 11.3. The van der Waals surface area contributed by atoms with Crippen molar-refractivity contribution < 1.29 is 5.11 Å². The predicted molar refractivity (Wildman–Crippen MR) is 117 cm³/mol. The molecule has 1 heterocycles. The fourth-order valence-electron chi connectivity index (χ4n) is 5.21. The number of halogens is 2. The Morgan fingerprint density at radius 3 is 2.18 bits per heavy atom. The Hall–Kier alpha value is -0.870. The van der Waals surface area contributed by atoms with Crippen LogP contribution in [0.15, 0.2) is 24.4 Å². The van der Waals surface area contributed by atoms with Crippen LogP contribution < -0.4 is 0 Å². The summed E-state index contributed by atoms with van der Waals surface area (Å²) in [4.78, 5) is 7.05. The average Bonchev–Trinajstić information content (AvgIpc) is 2.72. The van der Waals surface area contributed by atoms with Gasteiger partial charge >= 0.3 is 0 Å². The molecule has 1 aromatic carbocycles. The second kappa shape index (κ2) is 9.30. The number of aliphatic hydroxyl groups is 1. The van der Waals surface area contributed by atoms with Crippen LogP contribution >= 0.6 is 23.2 Å². The second-order valence-electron chi connectivity index (χ2n) is 8.48. The van der Waals surface area contributed by atoms with E-state index in [1.807, 2.05) is 12.1 Å². The highest BCUT2D eigenvalue weighted by molar-refractivity contribution is 6.38. The molecule has 2 fully saturated rings. The quantitative estimate of drug-likeness (QED) is 0.595. The van der Waals surface area contributed by atoms with Gasteiger partial charge in [-0.15, -0.1) is 0 Å². The molecule has 2 saturated carbocycles. The van der Waals surface area contributed by atoms with Crippen molar-refractivity contribution in [1.29, 1.82) is 0 Å². The van der Waals surface area contributed by atoms with E-state index >= 15 is 0 Å². The Kier molecular flexibility index (Phi) is 6.78. The number of aliphatic hydroxyl groups excluding tert-OH is 1. The van der Waals surface area contributed by atoms with Crippen molar-refractivity contribution in [2.24, 2.45) is 0 Å². The molecule has 1 aromatic heterocycles. The lowest BCUT2D eigenvalue weighted by Crippen LogP contribution is -2.47. The van der Waals surface area contributed by atoms with Crippen LogP contribution in [0.3, 0.4) is 0 Å². The number of aromatic nitrogens is 1. The van der Waals surface area contributed by atoms with Gasteiger partial charge in [-0.25, -0.2) is 0 Å². The molecule has 0 unspecified atom stereocenters. The first-order valence-corrected chi connectivity index (χ1v) is 11.6. The lowest BCUT2D eigenvalue weighted by molar-refractivity contribution is 0.0292. The Balaban J connectivity index is 1.62. The third kappa shape index (κ3) is 4.48. The minimum absolute atomic E-state index is 0.535. The number of hydrogen-bond donors (Lipinski definition) is 1. The maximum atomic E-state index is 11.3. The van der Waals surface area contributed by atoms with Gasteiger partial charge in [-0.2, -0.15) is 0 Å². The van der Waals surface area contributed by atoms with Gasteiger partial charge in [-0.05, 0) is 49.4 Å². The summed E-state index contributed by atoms with van der Waals surface area (Å²) in [6, 6.07) is 6.71. The molecule has 3 nitrogen and oxygen atoms in total. The summed E-state index contributed by atoms with van der Waals surface area (Å²) in [6.07, 6.45) is 14.2. The monoisotopic (exact) mass is 420 g/mol. The number of nitrogens with zero attached hydrogens (tertiary/aromatic N) is 2. The Morgan fingerprint density at radius 1 is 0.964 bits per heavy atom. The highest BCUT2D eigenvalue weighted by Gasteiger charge is 2.31. The number of pyridine rings is 1. The van der Waals surface area contributed by atoms with Crippen LogP contribution in [-0.4, -0.2) is 33.6 Å². The summed E-state index contributed by atoms with van der Waals surface area (Å²) < 4.78 is 0. The summed E-state index contributed by atoms with van der Waals surface area (Å²) in [5.41, 5.74) is 1.59. The first kappa shape index (κ1) is 20.4. The molecule has 0 spiro atoms. The summed E-state index contributed by atoms with van der Waals surface area (Å²) in [5, 5.41) is 13.3. The Labute approximate surface area is 178 Å². The SMILES string of the molecule is O[C@@H](CN(C1CCCCC1)C1CCCCC1)c1ccnc2c(Cl)cc(Cl)cc12. The molecular weight excluding hydrogens is 391 g/mol. The number of hydrogen-bond acceptors (Lipinski definition) is 3. The second-order valence-corrected chi connectivity index (χ2v) is 9.32. The molecule has 0 aliphatic heterocycles. The zero-order chi connectivity index (χ0) is 19.5. The van der Waals surface area contributed by atoms with E-state index in [0.29, 0.717) is 34.2 Å². The molecule has 2 aromatic rings. The third-order valence-electron chi connectivity index (χ3n) is 6.63. The first-order valence-electron chi connectivity index (χ1n) is 10.8. The number of benzene rings is 1. The highest BCUT2D eigenvalue weighted by Crippen LogP contribution is 2.35. The van der Waals surface area contributed by atoms with E-state index in [-0.39, 0.29) is 0 Å². The van der Waals surface area contributed by atoms with Crippen molar-refractivity contribution in [2.75, 3.05) is 6.54 Å². The molecule has 5 heteroatoms. The van der Waals surface area contributed by atoms with Gasteiger partial charge in [-0.3, -0.25) is 9.88 Å². The van der Waals surface area contributed by atoms with Crippen molar-refractivity contribution in [1.82, 2.24) is 9.88 Å². The molecule has 1 atom stereocenters. The molecule has 2 aliphatic carbocycles. The minimum atomic E-state index is -0.566. The maximum Gasteiger partial charge on any atom is 0.0924 e. The standard InChI is InChI=1S/C23H30Cl2N2O/c24-16-13-20-19(11-12-26-23(20)21(25)14-16)22(28)15-27(17-7-3-1-4-8-17)18-9-5-2-6-10-18/h11-14,17-18,22,28H,1-10,15H2/t22-/m0/s1. The fraction of sp³-hybridized carbons (Fsp3) is 0.609. The van der Waals surface area contributed by atoms with E-state index in [9.17, 15) is 5.11 Å². The molecule has 0 saturated heterocycles. The van der Waals surface area contributed by atoms with Crippen LogP contribution in [0, 0.1) is 0 Å². The lowest BCUT2D eigenvalue weighted by Gasteiger charge is -2.42. The van der Waals surface area contributed by atoms with Crippen LogP contribution in [0.4, 0.5) is 0 Å². The van der Waals surface area contributed by atoms with E-state index < -0.39 is 6.10 Å². The summed E-state index contributed by atoms with van der Waals surface area (Å²) >= 11 is 12.6. The largest absolute Gasteiger partial charge is 0.387 e. The van der Waals surface area contributed by atoms with Crippen LogP contribution in [0.2, 0.25) is 10.0 Å². The van der Waals surface area contributed by atoms with E-state index in [1.165, 1.54) is 64.2 Å². The van der Waals surface area contributed by atoms with Crippen LogP contribution in [-0.2, 0) is 0 Å². The average molecular weight is 421 g/mol. The minimum Gasteiger partial charge on any atom is -0.387 e. The van der Waals surface area contributed by atoms with Gasteiger partial charge in [0.1, 0.15) is 0 Å². The zero-order valence-electron chi connectivity index (χ0n) is 16.4. The highest BCUT2D eigenvalue weighted by atomic mass is 35.5. The van der Waals surface area contributed by atoms with Crippen molar-refractivity contribution in [3.63, 3.8) is 0 Å². The molecule has 4 rings (SSSR count). The van der Waals surface area contributed by atoms with Crippen LogP contribution in [0.1, 0.15) is 75.9 Å². The topological polar surface area (TPSA) is 36.4 Å². The summed E-state index contributed by atoms with van der Waals surface area (Å²) in [5.74, 6) is 0. The predicted octanol–water partition coefficient (Wildman–Crippen LogP) is 6.54. The summed E-state index contributed by atoms with van der Waals surface area (Å²) in [6.45, 7) is 0.679. The molecule has 152 valence electrons. The van der Waals surface area contributed by atoms with Gasteiger partial charge in [0.2, 0.25) is 0 Å². The van der Waals surface area contributed by atoms with Crippen molar-refractivity contribution in [3.8, 4) is 0 Å². The molecule has 0 amide bonds. The molecule has 1 N–H and O–H groups in total. The van der Waals surface area contributed by atoms with Crippen molar-refractivity contribution in [2.45, 2.75) is 82.4 Å². The van der Waals surface area contributed by atoms with E-state index in [1.54, 1.807) is 12.3 Å². The Bertz CT molecular complexity index is 783. The van der Waals surface area contributed by atoms with Crippen molar-refractivity contribution >= 4 is 34.1 Å².